The molecule has 0 aromatic rings. The molecule has 29 heavy (non-hydrogen) atoms. The predicted octanol–water partition coefficient (Wildman–Crippen LogP) is 6.49. The maximum absolute atomic E-state index is 6.40. The van der Waals surface area contributed by atoms with Gasteiger partial charge in [0.25, 0.3) is 0 Å². The van der Waals surface area contributed by atoms with Gasteiger partial charge in [0.2, 0.25) is 0 Å². The minimum absolute atomic E-state index is 0.188. The summed E-state index contributed by atoms with van der Waals surface area (Å²) in [5.41, 5.74) is 1.36. The molecule has 0 N–H and O–H groups in total. The molecule has 3 spiro atoms. The van der Waals surface area contributed by atoms with Crippen LogP contribution >= 0.6 is 0 Å². The fourth-order valence-electron chi connectivity index (χ4n) is 7.86. The van der Waals surface area contributed by atoms with Crippen LogP contribution in [0.25, 0.3) is 0 Å². The van der Waals surface area contributed by atoms with E-state index in [0.717, 1.165) is 55.8 Å². The number of ether oxygens (including phenoxy) is 3. The maximum atomic E-state index is 6.40. The number of hydrogen-bond donors (Lipinski definition) is 0. The summed E-state index contributed by atoms with van der Waals surface area (Å²) in [5.74, 6) is 2.50. The molecule has 1 unspecified atom stereocenters. The van der Waals surface area contributed by atoms with Crippen molar-refractivity contribution in [3.63, 3.8) is 0 Å². The normalized spacial score (nSPS) is 39.5. The minimum atomic E-state index is -0.188. The van der Waals surface area contributed by atoms with E-state index in [4.69, 9.17) is 14.2 Å². The molecular formula is C26H44O3. The lowest BCUT2D eigenvalue weighted by molar-refractivity contribution is -0.203. The van der Waals surface area contributed by atoms with E-state index in [0.29, 0.717) is 11.5 Å². The first-order valence-electron chi connectivity index (χ1n) is 12.9. The Bertz CT molecular complexity index is 532. The highest BCUT2D eigenvalue weighted by Crippen LogP contribution is 2.59. The topological polar surface area (TPSA) is 27.7 Å². The Balaban J connectivity index is 0.966. The SMILES string of the molecule is CCC1CC2(CCC(OCC(C)CC3CC4(CCC5(CC4)OCCO5)C3)CC2)C1. The molecule has 0 aromatic carbocycles. The molecule has 0 radical (unpaired) electrons. The van der Waals surface area contributed by atoms with Crippen LogP contribution < -0.4 is 0 Å². The number of hydrogen-bond acceptors (Lipinski definition) is 3. The van der Waals surface area contributed by atoms with Gasteiger partial charge in [0.1, 0.15) is 0 Å². The van der Waals surface area contributed by atoms with Gasteiger partial charge >= 0.3 is 0 Å². The van der Waals surface area contributed by atoms with Crippen LogP contribution in [0.1, 0.15) is 104 Å². The molecule has 0 aromatic heterocycles. The monoisotopic (exact) mass is 404 g/mol. The third kappa shape index (κ3) is 4.30. The van der Waals surface area contributed by atoms with E-state index < -0.39 is 0 Å². The fraction of sp³-hybridized carbons (Fsp3) is 1.00. The molecule has 1 heterocycles. The van der Waals surface area contributed by atoms with Gasteiger partial charge in [-0.05, 0) is 99.2 Å². The van der Waals surface area contributed by atoms with E-state index in [1.807, 2.05) is 0 Å². The molecule has 3 heteroatoms. The molecule has 3 nitrogen and oxygen atoms in total. The Morgan fingerprint density at radius 1 is 0.828 bits per heavy atom. The second-order valence-electron chi connectivity index (χ2n) is 11.9. The second-order valence-corrected chi connectivity index (χ2v) is 11.9. The minimum Gasteiger partial charge on any atom is -0.378 e. The highest BCUT2D eigenvalue weighted by atomic mass is 16.7. The molecule has 5 aliphatic rings. The van der Waals surface area contributed by atoms with E-state index in [-0.39, 0.29) is 5.79 Å². The summed E-state index contributed by atoms with van der Waals surface area (Å²) in [5, 5.41) is 0. The zero-order chi connectivity index (χ0) is 20.0. The summed E-state index contributed by atoms with van der Waals surface area (Å²) in [4.78, 5) is 0. The van der Waals surface area contributed by atoms with Gasteiger partial charge in [0.05, 0.1) is 19.3 Å². The molecule has 1 atom stereocenters. The molecule has 5 fully saturated rings. The van der Waals surface area contributed by atoms with Crippen molar-refractivity contribution in [1.29, 1.82) is 0 Å². The van der Waals surface area contributed by atoms with Gasteiger partial charge in [-0.1, -0.05) is 20.3 Å². The zero-order valence-electron chi connectivity index (χ0n) is 19.1. The molecule has 5 rings (SSSR count). The van der Waals surface area contributed by atoms with E-state index in [2.05, 4.69) is 13.8 Å². The van der Waals surface area contributed by atoms with Crippen LogP contribution in [0.4, 0.5) is 0 Å². The first-order chi connectivity index (χ1) is 14.0. The van der Waals surface area contributed by atoms with E-state index >= 15 is 0 Å². The van der Waals surface area contributed by atoms with Crippen LogP contribution in [-0.4, -0.2) is 31.7 Å². The lowest BCUT2D eigenvalue weighted by atomic mass is 9.54. The number of rotatable bonds is 6. The Hall–Kier alpha value is -0.120. The lowest BCUT2D eigenvalue weighted by Gasteiger charge is -2.54. The first kappa shape index (κ1) is 20.8. The highest BCUT2D eigenvalue weighted by molar-refractivity contribution is 5.00. The van der Waals surface area contributed by atoms with Crippen molar-refractivity contribution in [1.82, 2.24) is 0 Å². The van der Waals surface area contributed by atoms with Gasteiger partial charge in [-0.2, -0.15) is 0 Å². The maximum Gasteiger partial charge on any atom is 0.168 e. The van der Waals surface area contributed by atoms with E-state index in [1.54, 1.807) is 0 Å². The quantitative estimate of drug-likeness (QED) is 0.506. The van der Waals surface area contributed by atoms with Crippen LogP contribution in [0.2, 0.25) is 0 Å². The Morgan fingerprint density at radius 2 is 1.41 bits per heavy atom. The first-order valence-corrected chi connectivity index (χ1v) is 12.9. The van der Waals surface area contributed by atoms with Gasteiger partial charge in [-0.3, -0.25) is 0 Å². The lowest BCUT2D eigenvalue weighted by Crippen LogP contribution is -2.46. The van der Waals surface area contributed by atoms with Crippen LogP contribution in [0.3, 0.4) is 0 Å². The molecule has 1 aliphatic heterocycles. The molecule has 0 bridgehead atoms. The predicted molar refractivity (Wildman–Crippen MR) is 116 cm³/mol. The molecule has 0 amide bonds. The van der Waals surface area contributed by atoms with Gasteiger partial charge < -0.3 is 14.2 Å². The van der Waals surface area contributed by atoms with Crippen LogP contribution in [-0.2, 0) is 14.2 Å². The third-order valence-corrected chi connectivity index (χ3v) is 9.70. The molecule has 1 saturated heterocycles. The van der Waals surface area contributed by atoms with Crippen molar-refractivity contribution < 1.29 is 14.2 Å². The summed E-state index contributed by atoms with van der Waals surface area (Å²) in [6.45, 7) is 7.37. The Labute approximate surface area is 178 Å². The van der Waals surface area contributed by atoms with Crippen molar-refractivity contribution in [2.75, 3.05) is 19.8 Å². The van der Waals surface area contributed by atoms with Gasteiger partial charge in [-0.15, -0.1) is 0 Å². The molecular weight excluding hydrogens is 360 g/mol. The summed E-state index contributed by atoms with van der Waals surface area (Å²) >= 11 is 0. The van der Waals surface area contributed by atoms with Crippen molar-refractivity contribution in [3.05, 3.63) is 0 Å². The van der Waals surface area contributed by atoms with Crippen molar-refractivity contribution >= 4 is 0 Å². The average molecular weight is 405 g/mol. The molecule has 166 valence electrons. The summed E-state index contributed by atoms with van der Waals surface area (Å²) in [6, 6.07) is 0. The van der Waals surface area contributed by atoms with Gasteiger partial charge in [0.15, 0.2) is 5.79 Å². The summed E-state index contributed by atoms with van der Waals surface area (Å²) in [7, 11) is 0. The van der Waals surface area contributed by atoms with E-state index in [9.17, 15) is 0 Å². The smallest absolute Gasteiger partial charge is 0.168 e. The van der Waals surface area contributed by atoms with E-state index in [1.165, 1.54) is 77.0 Å². The van der Waals surface area contributed by atoms with Gasteiger partial charge in [0, 0.05) is 19.4 Å². The Kier molecular flexibility index (Phi) is 5.80. The van der Waals surface area contributed by atoms with Crippen LogP contribution in [0, 0.1) is 28.6 Å². The van der Waals surface area contributed by atoms with Crippen molar-refractivity contribution in [2.45, 2.75) is 116 Å². The largest absolute Gasteiger partial charge is 0.378 e. The molecule has 4 saturated carbocycles. The summed E-state index contributed by atoms with van der Waals surface area (Å²) < 4.78 is 18.2. The Morgan fingerprint density at radius 3 is 2.03 bits per heavy atom. The van der Waals surface area contributed by atoms with Crippen LogP contribution in [0.15, 0.2) is 0 Å². The zero-order valence-corrected chi connectivity index (χ0v) is 19.1. The standard InChI is InChI=1S/C26H44O3/c1-3-21-15-24(16-21)6-4-23(5-7-24)27-19-20(2)14-22-17-25(18-22)8-10-26(11-9-25)28-12-13-29-26/h20-23H,3-19H2,1-2H3. The summed E-state index contributed by atoms with van der Waals surface area (Å²) in [6.07, 6.45) is 19.6. The van der Waals surface area contributed by atoms with Crippen molar-refractivity contribution in [3.8, 4) is 0 Å². The third-order valence-electron chi connectivity index (χ3n) is 9.70. The fourth-order valence-corrected chi connectivity index (χ4v) is 7.86. The van der Waals surface area contributed by atoms with Gasteiger partial charge in [-0.25, -0.2) is 0 Å². The highest BCUT2D eigenvalue weighted by Gasteiger charge is 2.51. The van der Waals surface area contributed by atoms with Crippen molar-refractivity contribution in [2.24, 2.45) is 28.6 Å². The molecule has 4 aliphatic carbocycles. The van der Waals surface area contributed by atoms with Crippen LogP contribution in [0.5, 0.6) is 0 Å². The average Bonchev–Trinajstić information content (AvgIpc) is 3.14. The second kappa shape index (κ2) is 8.10.